The summed E-state index contributed by atoms with van der Waals surface area (Å²) in [5.41, 5.74) is 1.37. The number of aliphatic hydroxyl groups is 1. The third kappa shape index (κ3) is 5.61. The van der Waals surface area contributed by atoms with Crippen LogP contribution in [-0.2, 0) is 9.59 Å². The molecule has 2 N–H and O–H groups in total. The van der Waals surface area contributed by atoms with E-state index in [4.69, 9.17) is 9.84 Å². The fourth-order valence-electron chi connectivity index (χ4n) is 2.96. The number of nitrogens with one attached hydrogen (secondary N) is 1. The summed E-state index contributed by atoms with van der Waals surface area (Å²) in [6, 6.07) is 16.4. The lowest BCUT2D eigenvalue weighted by Gasteiger charge is -2.16. The van der Waals surface area contributed by atoms with Gasteiger partial charge in [-0.05, 0) is 49.7 Å². The molecule has 0 aliphatic carbocycles. The highest BCUT2D eigenvalue weighted by Gasteiger charge is 2.40. The van der Waals surface area contributed by atoms with Gasteiger partial charge in [-0.15, -0.1) is 0 Å². The van der Waals surface area contributed by atoms with E-state index in [0.717, 1.165) is 5.69 Å². The number of imide groups is 1. The minimum Gasteiger partial charge on any atom is -0.494 e. The summed E-state index contributed by atoms with van der Waals surface area (Å²) in [5.74, 6) is 0.187. The third-order valence-corrected chi connectivity index (χ3v) is 5.47. The average molecular weight is 428 g/mol. The normalized spacial score (nSPS) is 16.8. The third-order valence-electron chi connectivity index (χ3n) is 4.36. The molecule has 2 aromatic carbocycles. The molecule has 1 aliphatic heterocycles. The van der Waals surface area contributed by atoms with Gasteiger partial charge >= 0.3 is 0 Å². The summed E-state index contributed by atoms with van der Waals surface area (Å²) in [6.45, 7) is 2.91. The summed E-state index contributed by atoms with van der Waals surface area (Å²) in [4.78, 5) is 31.2. The van der Waals surface area contributed by atoms with Crippen molar-refractivity contribution < 1.29 is 19.4 Å². The van der Waals surface area contributed by atoms with Crippen molar-refractivity contribution in [3.8, 4) is 5.75 Å². The van der Waals surface area contributed by atoms with Crippen LogP contribution in [0.15, 0.2) is 59.6 Å². The molecular weight excluding hydrogens is 402 g/mol. The molecule has 8 heteroatoms. The van der Waals surface area contributed by atoms with Crippen LogP contribution in [0.1, 0.15) is 19.8 Å². The van der Waals surface area contributed by atoms with E-state index in [1.807, 2.05) is 37.3 Å². The molecule has 1 fully saturated rings. The van der Waals surface area contributed by atoms with E-state index in [1.54, 1.807) is 24.3 Å². The van der Waals surface area contributed by atoms with Gasteiger partial charge in [0.15, 0.2) is 5.17 Å². The van der Waals surface area contributed by atoms with E-state index in [9.17, 15) is 9.59 Å². The lowest BCUT2D eigenvalue weighted by Crippen LogP contribution is -2.31. The summed E-state index contributed by atoms with van der Waals surface area (Å²) < 4.78 is 5.42. The first-order valence-corrected chi connectivity index (χ1v) is 10.7. The summed E-state index contributed by atoms with van der Waals surface area (Å²) in [6.07, 6.45) is 0.628. The second kappa shape index (κ2) is 10.8. The molecule has 1 aliphatic rings. The largest absolute Gasteiger partial charge is 0.494 e. The first-order chi connectivity index (χ1) is 14.6. The lowest BCUT2D eigenvalue weighted by atomic mass is 10.3. The number of nitrogens with zero attached hydrogens (tertiary/aromatic N) is 2. The number of thioether (sulfide) groups is 1. The highest BCUT2D eigenvalue weighted by molar-refractivity contribution is 8.15. The van der Waals surface area contributed by atoms with E-state index < -0.39 is 5.25 Å². The Labute approximate surface area is 180 Å². The molecule has 2 aromatic rings. The second-order valence-corrected chi connectivity index (χ2v) is 7.75. The van der Waals surface area contributed by atoms with Crippen molar-refractivity contribution in [3.05, 3.63) is 54.6 Å². The first-order valence-electron chi connectivity index (χ1n) is 9.86. The molecule has 7 nitrogen and oxygen atoms in total. The standard InChI is InChI=1S/C22H25N3O4S/c1-2-29-18-11-9-17(10-12-18)25-20(27)15-19(21(25)28)30-22(23-13-6-14-26)24-16-7-4-3-5-8-16/h3-5,7-12,19,26H,2,6,13-15H2,1H3,(H,23,24)/t19-/m1/s1. The predicted octanol–water partition coefficient (Wildman–Crippen LogP) is 3.30. The fourth-order valence-corrected chi connectivity index (χ4v) is 4.01. The smallest absolute Gasteiger partial charge is 0.247 e. The molecule has 0 aromatic heterocycles. The van der Waals surface area contributed by atoms with Gasteiger partial charge in [0, 0.05) is 25.3 Å². The van der Waals surface area contributed by atoms with Crippen molar-refractivity contribution in [2.45, 2.75) is 25.0 Å². The molecule has 1 saturated heterocycles. The Bertz CT molecular complexity index is 887. The van der Waals surface area contributed by atoms with Gasteiger partial charge in [-0.3, -0.25) is 14.6 Å². The van der Waals surface area contributed by atoms with E-state index in [-0.39, 0.29) is 24.8 Å². The molecule has 0 spiro atoms. The van der Waals surface area contributed by atoms with Crippen LogP contribution in [0, 0.1) is 0 Å². The van der Waals surface area contributed by atoms with Crippen molar-refractivity contribution in [2.24, 2.45) is 4.99 Å². The number of para-hydroxylation sites is 1. The molecule has 3 rings (SSSR count). The maximum absolute atomic E-state index is 13.0. The fraction of sp³-hybridized carbons (Fsp3) is 0.318. The summed E-state index contributed by atoms with van der Waals surface area (Å²) >= 11 is 1.24. The maximum Gasteiger partial charge on any atom is 0.247 e. The number of carbonyl (C=O) groups excluding carboxylic acids is 2. The number of amidine groups is 1. The Morgan fingerprint density at radius 2 is 1.93 bits per heavy atom. The quantitative estimate of drug-likeness (QED) is 0.291. The van der Waals surface area contributed by atoms with Crippen LogP contribution < -0.4 is 15.0 Å². The summed E-state index contributed by atoms with van der Waals surface area (Å²) in [7, 11) is 0. The molecule has 0 radical (unpaired) electrons. The van der Waals surface area contributed by atoms with Gasteiger partial charge in [0.1, 0.15) is 11.0 Å². The van der Waals surface area contributed by atoms with E-state index in [1.165, 1.54) is 16.7 Å². The van der Waals surface area contributed by atoms with Gasteiger partial charge < -0.3 is 15.2 Å². The predicted molar refractivity (Wildman–Crippen MR) is 120 cm³/mol. The number of benzene rings is 2. The van der Waals surface area contributed by atoms with Gasteiger partial charge in [-0.1, -0.05) is 30.0 Å². The van der Waals surface area contributed by atoms with Gasteiger partial charge in [0.05, 0.1) is 12.3 Å². The molecule has 1 heterocycles. The number of hydrogen-bond donors (Lipinski definition) is 2. The van der Waals surface area contributed by atoms with Gasteiger partial charge in [0.2, 0.25) is 11.8 Å². The van der Waals surface area contributed by atoms with Crippen LogP contribution in [0.4, 0.5) is 11.4 Å². The molecule has 30 heavy (non-hydrogen) atoms. The van der Waals surface area contributed by atoms with Crippen LogP contribution in [0.3, 0.4) is 0 Å². The maximum atomic E-state index is 13.0. The van der Waals surface area contributed by atoms with Gasteiger partial charge in [-0.2, -0.15) is 0 Å². The van der Waals surface area contributed by atoms with Crippen molar-refractivity contribution >= 4 is 40.1 Å². The van der Waals surface area contributed by atoms with Crippen LogP contribution in [0.5, 0.6) is 5.75 Å². The van der Waals surface area contributed by atoms with E-state index in [2.05, 4.69) is 10.3 Å². The highest BCUT2D eigenvalue weighted by Crippen LogP contribution is 2.31. The van der Waals surface area contributed by atoms with Crippen molar-refractivity contribution in [2.75, 3.05) is 30.0 Å². The van der Waals surface area contributed by atoms with Crippen molar-refractivity contribution in [3.63, 3.8) is 0 Å². The van der Waals surface area contributed by atoms with Crippen molar-refractivity contribution in [1.82, 2.24) is 0 Å². The second-order valence-electron chi connectivity index (χ2n) is 6.56. The number of carbonyl (C=O) groups is 2. The Balaban J connectivity index is 1.72. The van der Waals surface area contributed by atoms with Gasteiger partial charge in [-0.25, -0.2) is 4.90 Å². The average Bonchev–Trinajstić information content (AvgIpc) is 3.03. The van der Waals surface area contributed by atoms with E-state index in [0.29, 0.717) is 36.2 Å². The Hall–Kier alpha value is -2.84. The van der Waals surface area contributed by atoms with Gasteiger partial charge in [0.25, 0.3) is 0 Å². The van der Waals surface area contributed by atoms with Crippen LogP contribution in [0.25, 0.3) is 0 Å². The molecule has 0 bridgehead atoms. The molecule has 0 saturated carbocycles. The zero-order chi connectivity index (χ0) is 21.3. The zero-order valence-corrected chi connectivity index (χ0v) is 17.6. The molecule has 158 valence electrons. The SMILES string of the molecule is CCOc1ccc(N2C(=O)C[C@@H](SC(=NCCCO)Nc3ccccc3)C2=O)cc1. The van der Waals surface area contributed by atoms with Crippen LogP contribution in [0.2, 0.25) is 0 Å². The molecule has 2 amide bonds. The Morgan fingerprint density at radius 3 is 2.60 bits per heavy atom. The Kier molecular flexibility index (Phi) is 7.87. The molecule has 0 unspecified atom stereocenters. The highest BCUT2D eigenvalue weighted by atomic mass is 32.2. The zero-order valence-electron chi connectivity index (χ0n) is 16.8. The summed E-state index contributed by atoms with van der Waals surface area (Å²) in [5, 5.41) is 12.2. The van der Waals surface area contributed by atoms with Crippen LogP contribution in [-0.4, -0.2) is 47.1 Å². The molecule has 1 atom stereocenters. The number of anilines is 2. The van der Waals surface area contributed by atoms with Crippen molar-refractivity contribution in [1.29, 1.82) is 0 Å². The van der Waals surface area contributed by atoms with E-state index >= 15 is 0 Å². The number of aliphatic hydroxyl groups excluding tert-OH is 1. The number of aliphatic imine (C=N–C) groups is 1. The number of hydrogen-bond acceptors (Lipinski definition) is 6. The number of amides is 2. The number of ether oxygens (including phenoxy) is 1. The monoisotopic (exact) mass is 427 g/mol. The lowest BCUT2D eigenvalue weighted by molar-refractivity contribution is -0.121. The topological polar surface area (TPSA) is 91.2 Å². The number of rotatable bonds is 8. The minimum absolute atomic E-state index is 0.0408. The molecular formula is C22H25N3O4S. The van der Waals surface area contributed by atoms with Crippen LogP contribution >= 0.6 is 11.8 Å². The Morgan fingerprint density at radius 1 is 1.20 bits per heavy atom. The first kappa shape index (κ1) is 21.9. The minimum atomic E-state index is -0.562.